The number of benzene rings is 1. The zero-order valence-electron chi connectivity index (χ0n) is 15.0. The smallest absolute Gasteiger partial charge is 0.224 e. The SMILES string of the molecule is COCCCCCOc1cc(Cl)cc(Br)c1Cc1cnn2c(N)ncnc12. The third-order valence-corrected chi connectivity index (χ3v) is 5.07. The van der Waals surface area contributed by atoms with Gasteiger partial charge in [0, 0.05) is 40.8 Å². The summed E-state index contributed by atoms with van der Waals surface area (Å²) < 4.78 is 13.5. The molecule has 0 aliphatic heterocycles. The number of methoxy groups -OCH3 is 1. The van der Waals surface area contributed by atoms with Crippen LogP contribution >= 0.6 is 27.5 Å². The molecule has 0 unspecified atom stereocenters. The highest BCUT2D eigenvalue weighted by Crippen LogP contribution is 2.34. The Labute approximate surface area is 171 Å². The number of unbranched alkanes of at least 4 members (excludes halogenated alkanes) is 2. The summed E-state index contributed by atoms with van der Waals surface area (Å²) in [6.45, 7) is 1.39. The third-order valence-electron chi connectivity index (χ3n) is 4.14. The molecule has 9 heteroatoms. The van der Waals surface area contributed by atoms with Gasteiger partial charge in [-0.3, -0.25) is 0 Å². The molecule has 0 bridgehead atoms. The van der Waals surface area contributed by atoms with Gasteiger partial charge in [-0.2, -0.15) is 9.61 Å². The van der Waals surface area contributed by atoms with Crippen LogP contribution in [0, 0.1) is 0 Å². The molecule has 2 heterocycles. The number of anilines is 1. The molecule has 27 heavy (non-hydrogen) atoms. The second-order valence-electron chi connectivity index (χ2n) is 6.08. The van der Waals surface area contributed by atoms with E-state index in [4.69, 9.17) is 26.8 Å². The average molecular weight is 455 g/mol. The first-order valence-corrected chi connectivity index (χ1v) is 9.80. The van der Waals surface area contributed by atoms with Gasteiger partial charge in [0.2, 0.25) is 5.95 Å². The minimum Gasteiger partial charge on any atom is -0.493 e. The van der Waals surface area contributed by atoms with E-state index >= 15 is 0 Å². The van der Waals surface area contributed by atoms with Crippen LogP contribution in [0.25, 0.3) is 5.65 Å². The quantitative estimate of drug-likeness (QED) is 0.493. The van der Waals surface area contributed by atoms with Gasteiger partial charge < -0.3 is 15.2 Å². The number of aromatic nitrogens is 4. The van der Waals surface area contributed by atoms with Crippen molar-refractivity contribution in [1.82, 2.24) is 19.6 Å². The Morgan fingerprint density at radius 1 is 1.19 bits per heavy atom. The number of ether oxygens (including phenoxy) is 2. The zero-order chi connectivity index (χ0) is 19.2. The molecule has 3 aromatic rings. The molecule has 7 nitrogen and oxygen atoms in total. The maximum absolute atomic E-state index is 6.22. The van der Waals surface area contributed by atoms with E-state index in [1.165, 1.54) is 10.8 Å². The van der Waals surface area contributed by atoms with Crippen LogP contribution in [0.5, 0.6) is 5.75 Å². The molecule has 0 aliphatic rings. The van der Waals surface area contributed by atoms with Crippen molar-refractivity contribution in [3.05, 3.63) is 45.3 Å². The van der Waals surface area contributed by atoms with Crippen molar-refractivity contribution in [3.63, 3.8) is 0 Å². The monoisotopic (exact) mass is 453 g/mol. The molecule has 0 fully saturated rings. The van der Waals surface area contributed by atoms with Crippen LogP contribution in [0.15, 0.2) is 29.1 Å². The molecule has 144 valence electrons. The molecular weight excluding hydrogens is 434 g/mol. The van der Waals surface area contributed by atoms with E-state index in [-0.39, 0.29) is 0 Å². The van der Waals surface area contributed by atoms with Crippen molar-refractivity contribution < 1.29 is 9.47 Å². The molecule has 0 spiro atoms. The van der Waals surface area contributed by atoms with Crippen LogP contribution in [-0.2, 0) is 11.2 Å². The normalized spacial score (nSPS) is 11.2. The van der Waals surface area contributed by atoms with Gasteiger partial charge in [0.1, 0.15) is 12.1 Å². The number of nitrogen functional groups attached to an aromatic ring is 1. The topological polar surface area (TPSA) is 87.6 Å². The molecule has 0 radical (unpaired) electrons. The molecule has 2 aromatic heterocycles. The molecule has 0 saturated carbocycles. The molecule has 3 rings (SSSR count). The molecule has 0 amide bonds. The van der Waals surface area contributed by atoms with Crippen LogP contribution in [0.4, 0.5) is 5.95 Å². The second-order valence-corrected chi connectivity index (χ2v) is 7.37. The number of fused-ring (bicyclic) bond motifs is 1. The van der Waals surface area contributed by atoms with E-state index in [9.17, 15) is 0 Å². The predicted molar refractivity (Wildman–Crippen MR) is 108 cm³/mol. The molecule has 1 aromatic carbocycles. The number of nitrogens with two attached hydrogens (primary N) is 1. The first-order chi connectivity index (χ1) is 13.1. The van der Waals surface area contributed by atoms with Crippen molar-refractivity contribution in [1.29, 1.82) is 0 Å². The second kappa shape index (κ2) is 9.34. The largest absolute Gasteiger partial charge is 0.493 e. The lowest BCUT2D eigenvalue weighted by Crippen LogP contribution is -2.04. The van der Waals surface area contributed by atoms with Gasteiger partial charge >= 0.3 is 0 Å². The van der Waals surface area contributed by atoms with Gasteiger partial charge in [-0.1, -0.05) is 27.5 Å². The highest BCUT2D eigenvalue weighted by molar-refractivity contribution is 9.10. The van der Waals surface area contributed by atoms with E-state index < -0.39 is 0 Å². The van der Waals surface area contributed by atoms with E-state index in [2.05, 4.69) is 31.0 Å². The van der Waals surface area contributed by atoms with Crippen LogP contribution in [0.2, 0.25) is 5.02 Å². The number of nitrogens with zero attached hydrogens (tertiary/aromatic N) is 4. The standard InChI is InChI=1S/C18H21BrClN5O2/c1-26-5-3-2-4-6-27-16-9-13(20)8-15(19)14(16)7-12-10-24-25-17(12)22-11-23-18(25)21/h8-11H,2-7H2,1H3,(H2,21,22,23). The van der Waals surface area contributed by atoms with Crippen molar-refractivity contribution in [2.24, 2.45) is 0 Å². The zero-order valence-corrected chi connectivity index (χ0v) is 17.3. The summed E-state index contributed by atoms with van der Waals surface area (Å²) in [5, 5.41) is 4.88. The summed E-state index contributed by atoms with van der Waals surface area (Å²) >= 11 is 9.82. The van der Waals surface area contributed by atoms with Crippen molar-refractivity contribution >= 4 is 39.1 Å². The molecular formula is C18H21BrClN5O2. The third kappa shape index (κ3) is 4.88. The minimum absolute atomic E-state index is 0.300. The summed E-state index contributed by atoms with van der Waals surface area (Å²) in [4.78, 5) is 8.25. The van der Waals surface area contributed by atoms with Crippen LogP contribution in [0.1, 0.15) is 30.4 Å². The fourth-order valence-corrected chi connectivity index (χ4v) is 3.70. The Morgan fingerprint density at radius 2 is 2.00 bits per heavy atom. The van der Waals surface area contributed by atoms with Crippen molar-refractivity contribution in [3.8, 4) is 5.75 Å². The Bertz CT molecular complexity index is 918. The average Bonchev–Trinajstić information content (AvgIpc) is 3.05. The lowest BCUT2D eigenvalue weighted by Gasteiger charge is -2.14. The van der Waals surface area contributed by atoms with Crippen LogP contribution in [0.3, 0.4) is 0 Å². The summed E-state index contributed by atoms with van der Waals surface area (Å²) in [7, 11) is 1.71. The summed E-state index contributed by atoms with van der Waals surface area (Å²) in [6, 6.07) is 3.70. The highest BCUT2D eigenvalue weighted by Gasteiger charge is 2.15. The van der Waals surface area contributed by atoms with Crippen molar-refractivity contribution in [2.75, 3.05) is 26.1 Å². The minimum atomic E-state index is 0.300. The Balaban J connectivity index is 1.78. The first-order valence-electron chi connectivity index (χ1n) is 8.63. The van der Waals surface area contributed by atoms with Gasteiger partial charge in [-0.15, -0.1) is 0 Å². The molecule has 0 saturated heterocycles. The van der Waals surface area contributed by atoms with Gasteiger partial charge in [-0.05, 0) is 31.4 Å². The fraction of sp³-hybridized carbons (Fsp3) is 0.389. The Kier molecular flexibility index (Phi) is 6.87. The Morgan fingerprint density at radius 3 is 2.81 bits per heavy atom. The van der Waals surface area contributed by atoms with Crippen LogP contribution < -0.4 is 10.5 Å². The van der Waals surface area contributed by atoms with E-state index in [0.717, 1.165) is 47.2 Å². The lowest BCUT2D eigenvalue weighted by molar-refractivity contribution is 0.189. The number of rotatable bonds is 9. The van der Waals surface area contributed by atoms with Gasteiger partial charge in [0.05, 0.1) is 12.8 Å². The number of hydrogen-bond acceptors (Lipinski definition) is 6. The van der Waals surface area contributed by atoms with Crippen molar-refractivity contribution in [2.45, 2.75) is 25.7 Å². The maximum atomic E-state index is 6.22. The fourth-order valence-electron chi connectivity index (χ4n) is 2.78. The van der Waals surface area contributed by atoms with Gasteiger partial charge in [0.25, 0.3) is 0 Å². The summed E-state index contributed by atoms with van der Waals surface area (Å²) in [5.41, 5.74) is 8.44. The molecule has 2 N–H and O–H groups in total. The van der Waals surface area contributed by atoms with Gasteiger partial charge in [-0.25, -0.2) is 9.97 Å². The van der Waals surface area contributed by atoms with E-state index in [0.29, 0.717) is 29.6 Å². The highest BCUT2D eigenvalue weighted by atomic mass is 79.9. The molecule has 0 atom stereocenters. The van der Waals surface area contributed by atoms with Crippen LogP contribution in [-0.4, -0.2) is 39.9 Å². The first kappa shape index (κ1) is 19.9. The van der Waals surface area contributed by atoms with E-state index in [1.54, 1.807) is 13.3 Å². The number of hydrogen-bond donors (Lipinski definition) is 1. The number of halogens is 2. The molecule has 0 aliphatic carbocycles. The van der Waals surface area contributed by atoms with Gasteiger partial charge in [0.15, 0.2) is 5.65 Å². The summed E-state index contributed by atoms with van der Waals surface area (Å²) in [5.74, 6) is 1.05. The predicted octanol–water partition coefficient (Wildman–Crippen LogP) is 3.91. The summed E-state index contributed by atoms with van der Waals surface area (Å²) in [6.07, 6.45) is 6.79. The van der Waals surface area contributed by atoms with E-state index in [1.807, 2.05) is 12.1 Å². The maximum Gasteiger partial charge on any atom is 0.224 e. The Hall–Kier alpha value is -1.90. The lowest BCUT2D eigenvalue weighted by atomic mass is 10.1.